The van der Waals surface area contributed by atoms with Crippen LogP contribution in [0.25, 0.3) is 0 Å². The molecule has 23 heavy (non-hydrogen) atoms. The van der Waals surface area contributed by atoms with Crippen LogP contribution in [0.3, 0.4) is 0 Å². The van der Waals surface area contributed by atoms with Crippen molar-refractivity contribution in [3.05, 3.63) is 29.8 Å². The zero-order chi connectivity index (χ0) is 16.0. The number of nitrogens with two attached hydrogens (primary N) is 1. The van der Waals surface area contributed by atoms with E-state index in [1.54, 1.807) is 0 Å². The van der Waals surface area contributed by atoms with Crippen LogP contribution in [0.15, 0.2) is 24.3 Å². The highest BCUT2D eigenvalue weighted by molar-refractivity contribution is 5.85. The minimum Gasteiger partial charge on any atom is -0.491 e. The standard InChI is InChI=1S/C18H30N2O2.ClH/c1-18(2,13-19)14-20(3)11-15-6-8-16(9-7-15)22-12-17-5-4-10-21-17;/h6-9,17H,4-5,10-14,19H2,1-3H3;1H. The van der Waals surface area contributed by atoms with Gasteiger partial charge in [-0.05, 0) is 49.5 Å². The quantitative estimate of drug-likeness (QED) is 0.788. The normalized spacial score (nSPS) is 18.0. The Morgan fingerprint density at radius 2 is 2.00 bits per heavy atom. The highest BCUT2D eigenvalue weighted by atomic mass is 35.5. The van der Waals surface area contributed by atoms with Gasteiger partial charge in [0.25, 0.3) is 0 Å². The molecule has 0 amide bonds. The van der Waals surface area contributed by atoms with Gasteiger partial charge in [0, 0.05) is 19.7 Å². The second-order valence-electron chi connectivity index (χ2n) is 7.13. The first-order valence-electron chi connectivity index (χ1n) is 8.20. The maximum atomic E-state index is 5.80. The van der Waals surface area contributed by atoms with E-state index < -0.39 is 0 Å². The predicted molar refractivity (Wildman–Crippen MR) is 97.3 cm³/mol. The zero-order valence-corrected chi connectivity index (χ0v) is 15.4. The van der Waals surface area contributed by atoms with Crippen molar-refractivity contribution < 1.29 is 9.47 Å². The third-order valence-corrected chi connectivity index (χ3v) is 4.09. The van der Waals surface area contributed by atoms with Gasteiger partial charge in [-0.3, -0.25) is 0 Å². The van der Waals surface area contributed by atoms with Crippen molar-refractivity contribution in [1.82, 2.24) is 4.90 Å². The number of halogens is 1. The molecule has 1 fully saturated rings. The van der Waals surface area contributed by atoms with E-state index in [9.17, 15) is 0 Å². The van der Waals surface area contributed by atoms with Crippen molar-refractivity contribution in [3.8, 4) is 5.75 Å². The Kier molecular flexibility index (Phi) is 8.34. The zero-order valence-electron chi connectivity index (χ0n) is 14.6. The summed E-state index contributed by atoms with van der Waals surface area (Å²) in [5.41, 5.74) is 7.24. The van der Waals surface area contributed by atoms with Crippen molar-refractivity contribution in [3.63, 3.8) is 0 Å². The minimum atomic E-state index is 0. The Morgan fingerprint density at radius 3 is 2.57 bits per heavy atom. The third kappa shape index (κ3) is 7.08. The first-order chi connectivity index (χ1) is 10.5. The van der Waals surface area contributed by atoms with Gasteiger partial charge in [0.2, 0.25) is 0 Å². The average molecular weight is 343 g/mol. The number of hydrogen-bond donors (Lipinski definition) is 1. The molecule has 4 nitrogen and oxygen atoms in total. The van der Waals surface area contributed by atoms with Crippen LogP contribution in [-0.2, 0) is 11.3 Å². The van der Waals surface area contributed by atoms with Gasteiger partial charge in [0.05, 0.1) is 6.10 Å². The number of rotatable bonds is 8. The van der Waals surface area contributed by atoms with E-state index in [2.05, 4.69) is 37.9 Å². The van der Waals surface area contributed by atoms with Crippen LogP contribution in [0.5, 0.6) is 5.75 Å². The molecular weight excluding hydrogens is 312 g/mol. The topological polar surface area (TPSA) is 47.7 Å². The molecule has 0 aromatic heterocycles. The van der Waals surface area contributed by atoms with Crippen molar-refractivity contribution >= 4 is 12.4 Å². The summed E-state index contributed by atoms with van der Waals surface area (Å²) in [5, 5.41) is 0. The molecule has 1 unspecified atom stereocenters. The third-order valence-electron chi connectivity index (χ3n) is 4.09. The second kappa shape index (κ2) is 9.48. The number of hydrogen-bond acceptors (Lipinski definition) is 4. The lowest BCUT2D eigenvalue weighted by Gasteiger charge is -2.29. The molecule has 2 N–H and O–H groups in total. The molecule has 0 aliphatic carbocycles. The van der Waals surface area contributed by atoms with Crippen LogP contribution < -0.4 is 10.5 Å². The van der Waals surface area contributed by atoms with E-state index in [-0.39, 0.29) is 23.9 Å². The lowest BCUT2D eigenvalue weighted by molar-refractivity contribution is 0.0679. The van der Waals surface area contributed by atoms with Gasteiger partial charge in [0.15, 0.2) is 0 Å². The first kappa shape index (κ1) is 20.2. The second-order valence-corrected chi connectivity index (χ2v) is 7.13. The molecule has 0 radical (unpaired) electrons. The summed E-state index contributed by atoms with van der Waals surface area (Å²) in [7, 11) is 2.14. The van der Waals surface area contributed by atoms with Crippen molar-refractivity contribution in [2.45, 2.75) is 39.3 Å². The van der Waals surface area contributed by atoms with Gasteiger partial charge in [0.1, 0.15) is 12.4 Å². The number of nitrogens with zero attached hydrogens (tertiary/aromatic N) is 1. The molecule has 1 atom stereocenters. The largest absolute Gasteiger partial charge is 0.491 e. The molecule has 1 aliphatic heterocycles. The summed E-state index contributed by atoms with van der Waals surface area (Å²) in [6, 6.07) is 8.37. The molecule has 132 valence electrons. The van der Waals surface area contributed by atoms with Gasteiger partial charge in [-0.15, -0.1) is 12.4 Å². The van der Waals surface area contributed by atoms with E-state index in [1.807, 2.05) is 12.1 Å². The fourth-order valence-corrected chi connectivity index (χ4v) is 2.82. The van der Waals surface area contributed by atoms with Crippen LogP contribution in [0.4, 0.5) is 0 Å². The van der Waals surface area contributed by atoms with Gasteiger partial charge >= 0.3 is 0 Å². The monoisotopic (exact) mass is 342 g/mol. The minimum absolute atomic E-state index is 0. The van der Waals surface area contributed by atoms with Gasteiger partial charge in [-0.1, -0.05) is 26.0 Å². The van der Waals surface area contributed by atoms with E-state index in [0.29, 0.717) is 13.2 Å². The molecule has 1 heterocycles. The average Bonchev–Trinajstić information content (AvgIpc) is 2.99. The Hall–Kier alpha value is -0.810. The number of benzene rings is 1. The molecule has 0 spiro atoms. The maximum absolute atomic E-state index is 5.80. The molecule has 5 heteroatoms. The molecule has 1 aliphatic rings. The van der Waals surface area contributed by atoms with E-state index in [1.165, 1.54) is 5.56 Å². The molecule has 0 saturated carbocycles. The Labute approximate surface area is 146 Å². The number of ether oxygens (including phenoxy) is 2. The maximum Gasteiger partial charge on any atom is 0.119 e. The smallest absolute Gasteiger partial charge is 0.119 e. The fourth-order valence-electron chi connectivity index (χ4n) is 2.82. The Bertz CT molecular complexity index is 445. The summed E-state index contributed by atoms with van der Waals surface area (Å²) in [5.74, 6) is 0.921. The van der Waals surface area contributed by atoms with Crippen molar-refractivity contribution in [2.75, 3.05) is 33.4 Å². The van der Waals surface area contributed by atoms with E-state index >= 15 is 0 Å². The Morgan fingerprint density at radius 1 is 1.30 bits per heavy atom. The van der Waals surface area contributed by atoms with E-state index in [0.717, 1.165) is 38.3 Å². The highest BCUT2D eigenvalue weighted by Gasteiger charge is 2.18. The lowest BCUT2D eigenvalue weighted by Crippen LogP contribution is -2.36. The van der Waals surface area contributed by atoms with E-state index in [4.69, 9.17) is 15.2 Å². The summed E-state index contributed by atoms with van der Waals surface area (Å²) in [4.78, 5) is 2.31. The van der Waals surface area contributed by atoms with Crippen LogP contribution >= 0.6 is 12.4 Å². The van der Waals surface area contributed by atoms with Gasteiger partial charge < -0.3 is 20.1 Å². The first-order valence-corrected chi connectivity index (χ1v) is 8.20. The molecule has 1 aromatic carbocycles. The highest BCUT2D eigenvalue weighted by Crippen LogP contribution is 2.19. The van der Waals surface area contributed by atoms with Crippen LogP contribution in [0, 0.1) is 5.41 Å². The SMILES string of the molecule is CN(Cc1ccc(OCC2CCCO2)cc1)CC(C)(C)CN.Cl. The molecule has 1 aromatic rings. The fraction of sp³-hybridized carbons (Fsp3) is 0.667. The van der Waals surface area contributed by atoms with Crippen molar-refractivity contribution in [2.24, 2.45) is 11.1 Å². The molecule has 0 bridgehead atoms. The predicted octanol–water partition coefficient (Wildman–Crippen LogP) is 3.08. The summed E-state index contributed by atoms with van der Waals surface area (Å²) in [6.07, 6.45) is 2.53. The lowest BCUT2D eigenvalue weighted by atomic mass is 9.93. The summed E-state index contributed by atoms with van der Waals surface area (Å²) >= 11 is 0. The van der Waals surface area contributed by atoms with Crippen LogP contribution in [0.1, 0.15) is 32.3 Å². The van der Waals surface area contributed by atoms with Crippen LogP contribution in [-0.4, -0.2) is 44.4 Å². The van der Waals surface area contributed by atoms with Gasteiger partial charge in [-0.25, -0.2) is 0 Å². The molecular formula is C18H31ClN2O2. The Balaban J connectivity index is 0.00000264. The van der Waals surface area contributed by atoms with Gasteiger partial charge in [-0.2, -0.15) is 0 Å². The summed E-state index contributed by atoms with van der Waals surface area (Å²) < 4.78 is 11.4. The molecule has 2 rings (SSSR count). The van der Waals surface area contributed by atoms with Crippen molar-refractivity contribution in [1.29, 1.82) is 0 Å². The molecule has 1 saturated heterocycles. The van der Waals surface area contributed by atoms with Crippen LogP contribution in [0.2, 0.25) is 0 Å². The summed E-state index contributed by atoms with van der Waals surface area (Å²) in [6.45, 7) is 8.54.